The van der Waals surface area contributed by atoms with E-state index in [0.717, 1.165) is 64.2 Å². The lowest BCUT2D eigenvalue weighted by molar-refractivity contribution is -0.161. The molecule has 16 heteroatoms. The molecule has 0 saturated heterocycles. The third-order valence-corrected chi connectivity index (χ3v) is 10.2. The van der Waals surface area contributed by atoms with Gasteiger partial charge in [-0.25, -0.2) is 9.13 Å². The van der Waals surface area contributed by atoms with Crippen LogP contribution in [0, 0.1) is 0 Å². The van der Waals surface area contributed by atoms with E-state index < -0.39 is 66.2 Å². The number of aliphatic hydroxyl groups is 2. The number of phosphoric ester groups is 2. The summed E-state index contributed by atoms with van der Waals surface area (Å²) < 4.78 is 47.7. The van der Waals surface area contributed by atoms with Crippen molar-refractivity contribution in [1.82, 2.24) is 0 Å². The first-order valence-corrected chi connectivity index (χ1v) is 25.4. The molecule has 0 spiro atoms. The van der Waals surface area contributed by atoms with E-state index in [4.69, 9.17) is 28.9 Å². The van der Waals surface area contributed by atoms with E-state index in [-0.39, 0.29) is 19.4 Å². The third-order valence-electron chi connectivity index (χ3n) is 8.80. The van der Waals surface area contributed by atoms with Gasteiger partial charge in [-0.3, -0.25) is 23.2 Å². The molecule has 0 heterocycles. The van der Waals surface area contributed by atoms with E-state index in [0.29, 0.717) is 25.7 Å². The normalized spacial score (nSPS) is 14.7. The molecular formula is C46H78O14P2. The Morgan fingerprint density at radius 3 is 1.39 bits per heavy atom. The van der Waals surface area contributed by atoms with Crippen molar-refractivity contribution in [2.24, 2.45) is 0 Å². The van der Waals surface area contributed by atoms with Gasteiger partial charge >= 0.3 is 27.6 Å². The van der Waals surface area contributed by atoms with E-state index in [1.165, 1.54) is 38.5 Å². The minimum atomic E-state index is -4.88. The summed E-state index contributed by atoms with van der Waals surface area (Å²) in [6, 6.07) is 0. The molecule has 3 atom stereocenters. The number of allylic oxidation sites excluding steroid dienone is 14. The highest BCUT2D eigenvalue weighted by atomic mass is 31.2. The van der Waals surface area contributed by atoms with Gasteiger partial charge in [0, 0.05) is 19.4 Å². The largest absolute Gasteiger partial charge is 0.472 e. The molecule has 0 fully saturated rings. The zero-order chi connectivity index (χ0) is 45.8. The molecule has 1 unspecified atom stereocenters. The average Bonchev–Trinajstić information content (AvgIpc) is 3.23. The molecule has 62 heavy (non-hydrogen) atoms. The van der Waals surface area contributed by atoms with Crippen molar-refractivity contribution in [3.8, 4) is 0 Å². The molecule has 0 bridgehead atoms. The van der Waals surface area contributed by atoms with Gasteiger partial charge in [0.1, 0.15) is 12.7 Å². The molecule has 0 aliphatic carbocycles. The van der Waals surface area contributed by atoms with Gasteiger partial charge in [0.05, 0.1) is 19.8 Å². The van der Waals surface area contributed by atoms with Gasteiger partial charge in [-0.15, -0.1) is 0 Å². The second-order valence-electron chi connectivity index (χ2n) is 14.7. The predicted molar refractivity (Wildman–Crippen MR) is 245 cm³/mol. The third kappa shape index (κ3) is 45.3. The summed E-state index contributed by atoms with van der Waals surface area (Å²) in [6.45, 7) is -0.376. The van der Waals surface area contributed by atoms with Crippen molar-refractivity contribution in [3.63, 3.8) is 0 Å². The quantitative estimate of drug-likeness (QED) is 0.0167. The number of hydrogen-bond acceptors (Lipinski definition) is 11. The van der Waals surface area contributed by atoms with Crippen LogP contribution < -0.4 is 0 Å². The van der Waals surface area contributed by atoms with E-state index in [1.54, 1.807) is 0 Å². The first-order chi connectivity index (χ1) is 29.9. The maximum Gasteiger partial charge on any atom is 0.472 e. The van der Waals surface area contributed by atoms with Crippen molar-refractivity contribution in [2.75, 3.05) is 33.0 Å². The van der Waals surface area contributed by atoms with Crippen molar-refractivity contribution in [3.05, 3.63) is 85.1 Å². The molecular weight excluding hydrogens is 838 g/mol. The van der Waals surface area contributed by atoms with Crippen LogP contribution in [0.3, 0.4) is 0 Å². The van der Waals surface area contributed by atoms with Gasteiger partial charge in [0.25, 0.3) is 0 Å². The Balaban J connectivity index is 4.69. The monoisotopic (exact) mass is 916 g/mol. The van der Waals surface area contributed by atoms with Crippen molar-refractivity contribution in [1.29, 1.82) is 0 Å². The zero-order valence-corrected chi connectivity index (χ0v) is 38.9. The van der Waals surface area contributed by atoms with Gasteiger partial charge in [0.2, 0.25) is 0 Å². The lowest BCUT2D eigenvalue weighted by Crippen LogP contribution is -2.29. The molecule has 0 rings (SSSR count). The SMILES string of the molecule is CCCCCCCC/C=C\C/C=C\C/C=C\CCCC(=O)OC[C@H](COP(=O)(O)OC[C@@H](O)COP(=O)(O)O)OC(=O)CCC/C=C\C/C=C\C/C=C\C/C=C\CCCCCO. The Hall–Kier alpha value is -2.74. The molecule has 0 amide bonds. The fourth-order valence-electron chi connectivity index (χ4n) is 5.39. The summed E-state index contributed by atoms with van der Waals surface area (Å²) in [5.41, 5.74) is 0. The number of unbranched alkanes of at least 4 members (excludes halogenated alkanes) is 11. The van der Waals surface area contributed by atoms with Crippen molar-refractivity contribution >= 4 is 27.6 Å². The summed E-state index contributed by atoms with van der Waals surface area (Å²) in [4.78, 5) is 52.7. The van der Waals surface area contributed by atoms with Gasteiger partial charge < -0.3 is 34.4 Å². The highest BCUT2D eigenvalue weighted by Crippen LogP contribution is 2.43. The minimum absolute atomic E-state index is 0.0308. The minimum Gasteiger partial charge on any atom is -0.462 e. The second kappa shape index (κ2) is 42.2. The van der Waals surface area contributed by atoms with Crippen LogP contribution in [-0.2, 0) is 41.8 Å². The fourth-order valence-corrected chi connectivity index (χ4v) is 6.55. The van der Waals surface area contributed by atoms with Crippen LogP contribution >= 0.6 is 15.6 Å². The number of carbonyl (C=O) groups excluding carboxylic acids is 2. The van der Waals surface area contributed by atoms with Crippen LogP contribution in [-0.4, -0.2) is 82.1 Å². The maximum absolute atomic E-state index is 12.6. The lowest BCUT2D eigenvalue weighted by atomic mass is 10.1. The van der Waals surface area contributed by atoms with Crippen LogP contribution in [0.5, 0.6) is 0 Å². The predicted octanol–water partition coefficient (Wildman–Crippen LogP) is 10.5. The Kier molecular flexibility index (Phi) is 40.4. The summed E-state index contributed by atoms with van der Waals surface area (Å²) in [5, 5.41) is 18.5. The molecule has 356 valence electrons. The first-order valence-electron chi connectivity index (χ1n) is 22.4. The molecule has 5 N–H and O–H groups in total. The lowest BCUT2D eigenvalue weighted by Gasteiger charge is -2.20. The van der Waals surface area contributed by atoms with E-state index in [9.17, 15) is 28.7 Å². The number of rotatable bonds is 42. The smallest absolute Gasteiger partial charge is 0.462 e. The van der Waals surface area contributed by atoms with Crippen LogP contribution in [0.15, 0.2) is 85.1 Å². The Morgan fingerprint density at radius 2 is 0.903 bits per heavy atom. The Labute approximate surface area is 371 Å². The van der Waals surface area contributed by atoms with Crippen LogP contribution in [0.2, 0.25) is 0 Å². The zero-order valence-electron chi connectivity index (χ0n) is 37.1. The maximum atomic E-state index is 12.6. The Bertz CT molecular complexity index is 1420. The number of ether oxygens (including phenoxy) is 2. The van der Waals surface area contributed by atoms with E-state index in [2.05, 4.69) is 76.7 Å². The van der Waals surface area contributed by atoms with Gasteiger partial charge in [-0.05, 0) is 89.9 Å². The second-order valence-corrected chi connectivity index (χ2v) is 17.4. The summed E-state index contributed by atoms with van der Waals surface area (Å²) in [7, 11) is -9.73. The number of phosphoric acid groups is 2. The number of carbonyl (C=O) groups is 2. The van der Waals surface area contributed by atoms with Gasteiger partial charge in [-0.1, -0.05) is 131 Å². The molecule has 0 radical (unpaired) electrons. The summed E-state index contributed by atoms with van der Waals surface area (Å²) in [5.74, 6) is -1.18. The fraction of sp³-hybridized carbons (Fsp3) is 0.652. The van der Waals surface area contributed by atoms with Crippen LogP contribution in [0.1, 0.15) is 148 Å². The van der Waals surface area contributed by atoms with E-state index in [1.807, 2.05) is 24.3 Å². The standard InChI is InChI=1S/C46H78O14P2/c1-2-3-4-5-6-7-8-9-10-12-15-18-21-24-27-30-33-36-45(49)56-41-44(42-59-62(54,55)58-40-43(48)39-57-61(51,52)53)60-46(50)37-34-31-28-25-22-19-16-13-11-14-17-20-23-26-29-32-35-38-47/h9-11,14-16,18-20,23-25,27-28,43-44,47-48H,2-8,12-13,17,21-22,26,29-42H2,1H3,(H,54,55)(H2,51,52,53)/b10-9-,14-11-,18-15-,19-16-,23-20-,27-24-,28-25-/t43-,44+/m0/s1. The van der Waals surface area contributed by atoms with Crippen LogP contribution in [0.25, 0.3) is 0 Å². The molecule has 0 aromatic carbocycles. The highest BCUT2D eigenvalue weighted by molar-refractivity contribution is 7.47. The topological polar surface area (TPSA) is 216 Å². The van der Waals surface area contributed by atoms with Crippen molar-refractivity contribution < 1.29 is 66.7 Å². The summed E-state index contributed by atoms with van der Waals surface area (Å²) in [6.07, 6.45) is 46.0. The van der Waals surface area contributed by atoms with E-state index >= 15 is 0 Å². The number of esters is 2. The molecule has 0 saturated carbocycles. The average molecular weight is 917 g/mol. The molecule has 14 nitrogen and oxygen atoms in total. The first kappa shape index (κ1) is 59.3. The molecule has 0 aromatic rings. The molecule has 0 aliphatic heterocycles. The molecule has 0 aliphatic rings. The summed E-state index contributed by atoms with van der Waals surface area (Å²) >= 11 is 0. The Morgan fingerprint density at radius 1 is 0.500 bits per heavy atom. The van der Waals surface area contributed by atoms with Crippen LogP contribution in [0.4, 0.5) is 0 Å². The van der Waals surface area contributed by atoms with Gasteiger partial charge in [-0.2, -0.15) is 0 Å². The highest BCUT2D eigenvalue weighted by Gasteiger charge is 2.28. The number of hydrogen-bond donors (Lipinski definition) is 5. The number of aliphatic hydroxyl groups excluding tert-OH is 2. The van der Waals surface area contributed by atoms with Crippen molar-refractivity contribution in [2.45, 2.75) is 160 Å². The van der Waals surface area contributed by atoms with Gasteiger partial charge in [0.15, 0.2) is 6.10 Å². The molecule has 0 aromatic heterocycles.